The van der Waals surface area contributed by atoms with Crippen molar-refractivity contribution in [3.63, 3.8) is 0 Å². The highest BCUT2D eigenvalue weighted by molar-refractivity contribution is 7.89. The number of aliphatic hydroxyl groups excluding tert-OH is 1. The number of anilines is 1. The number of nitrogens with zero attached hydrogens (tertiary/aromatic N) is 5. The second kappa shape index (κ2) is 12.7. The van der Waals surface area contributed by atoms with Gasteiger partial charge in [-0.1, -0.05) is 35.5 Å². The molecule has 0 fully saturated rings. The second-order valence-electron chi connectivity index (χ2n) is 7.46. The molecule has 2 aromatic heterocycles. The Labute approximate surface area is 213 Å². The third kappa shape index (κ3) is 6.95. The van der Waals surface area contributed by atoms with E-state index in [0.717, 1.165) is 4.88 Å². The van der Waals surface area contributed by atoms with Gasteiger partial charge in [0.05, 0.1) is 23.0 Å². The van der Waals surface area contributed by atoms with Crippen LogP contribution in [0.25, 0.3) is 0 Å². The summed E-state index contributed by atoms with van der Waals surface area (Å²) in [5, 5.41) is 20.4. The molecule has 12 nitrogen and oxygen atoms in total. The third-order valence-corrected chi connectivity index (χ3v) is 7.76. The molecule has 0 spiro atoms. The van der Waals surface area contributed by atoms with Crippen molar-refractivity contribution < 1.29 is 27.9 Å². The van der Waals surface area contributed by atoms with Gasteiger partial charge in [-0.05, 0) is 18.2 Å². The van der Waals surface area contributed by atoms with Crippen LogP contribution in [0.3, 0.4) is 0 Å². The van der Waals surface area contributed by atoms with E-state index >= 15 is 0 Å². The molecule has 3 rings (SSSR count). The molecular weight excluding hydrogens is 508 g/mol. The predicted octanol–water partition coefficient (Wildman–Crippen LogP) is 1.59. The fourth-order valence-electron chi connectivity index (χ4n) is 3.15. The summed E-state index contributed by atoms with van der Waals surface area (Å²) in [5.41, 5.74) is 0.891. The largest absolute Gasteiger partial charge is 0.395 e. The van der Waals surface area contributed by atoms with Gasteiger partial charge in [0.2, 0.25) is 10.0 Å². The van der Waals surface area contributed by atoms with Crippen LogP contribution >= 0.6 is 11.3 Å². The predicted molar refractivity (Wildman–Crippen MR) is 134 cm³/mol. The van der Waals surface area contributed by atoms with Crippen LogP contribution in [0.4, 0.5) is 5.13 Å². The summed E-state index contributed by atoms with van der Waals surface area (Å²) in [6.07, 6.45) is 3.36. The van der Waals surface area contributed by atoms with Crippen molar-refractivity contribution in [2.45, 2.75) is 25.0 Å². The number of aliphatic hydroxyl groups is 1. The van der Waals surface area contributed by atoms with Gasteiger partial charge in [0.15, 0.2) is 17.5 Å². The minimum absolute atomic E-state index is 0.0179. The number of nitrogens with one attached hydrogen (secondary N) is 1. The summed E-state index contributed by atoms with van der Waals surface area (Å²) < 4.78 is 33.6. The summed E-state index contributed by atoms with van der Waals surface area (Å²) in [6, 6.07) is 7.47. The molecule has 14 heteroatoms. The molecule has 0 saturated heterocycles. The number of aromatic nitrogens is 3. The molecule has 1 aromatic carbocycles. The van der Waals surface area contributed by atoms with E-state index in [2.05, 4.69) is 20.6 Å². The van der Waals surface area contributed by atoms with E-state index in [0.29, 0.717) is 23.0 Å². The Morgan fingerprint density at radius 2 is 2.00 bits per heavy atom. The maximum atomic E-state index is 13.1. The summed E-state index contributed by atoms with van der Waals surface area (Å²) in [7, 11) is -0.471. The van der Waals surface area contributed by atoms with Crippen molar-refractivity contribution in [2.24, 2.45) is 12.2 Å². The summed E-state index contributed by atoms with van der Waals surface area (Å²) in [6.45, 7) is 1.98. The van der Waals surface area contributed by atoms with Crippen LogP contribution in [0.5, 0.6) is 0 Å². The van der Waals surface area contributed by atoms with Crippen LogP contribution in [-0.4, -0.2) is 71.0 Å². The Kier molecular flexibility index (Phi) is 9.66. The number of rotatable bonds is 13. The van der Waals surface area contributed by atoms with Crippen LogP contribution in [0.2, 0.25) is 0 Å². The first-order chi connectivity index (χ1) is 17.3. The normalized spacial score (nSPS) is 12.2. The minimum atomic E-state index is -3.81. The Bertz CT molecular complexity index is 1290. The molecule has 0 bridgehead atoms. The quantitative estimate of drug-likeness (QED) is 0.247. The van der Waals surface area contributed by atoms with E-state index in [4.69, 9.17) is 9.57 Å². The smallest absolute Gasteiger partial charge is 0.280 e. The molecule has 0 aliphatic heterocycles. The lowest BCUT2D eigenvalue weighted by Gasteiger charge is -2.19. The average molecular weight is 537 g/mol. The lowest BCUT2D eigenvalue weighted by molar-refractivity contribution is -0.110. The van der Waals surface area contributed by atoms with Crippen molar-refractivity contribution in [3.05, 3.63) is 58.9 Å². The van der Waals surface area contributed by atoms with E-state index in [9.17, 15) is 18.3 Å². The SMILES string of the molecule is CCN(CCO)S(=O)(=O)c1ccc(/C(=N\OCc2ccn(C)n2)C(=O)Nc2ncc(COC)s2)cc1. The highest BCUT2D eigenvalue weighted by Crippen LogP contribution is 2.20. The van der Waals surface area contributed by atoms with E-state index in [1.807, 2.05) is 0 Å². The van der Waals surface area contributed by atoms with Crippen LogP contribution in [0.1, 0.15) is 23.1 Å². The number of amides is 1. The molecule has 0 saturated carbocycles. The number of hydrogen-bond donors (Lipinski definition) is 2. The number of likely N-dealkylation sites (N-methyl/N-ethyl adjacent to an activating group) is 1. The molecule has 36 heavy (non-hydrogen) atoms. The van der Waals surface area contributed by atoms with Gasteiger partial charge in [0.25, 0.3) is 5.91 Å². The van der Waals surface area contributed by atoms with Gasteiger partial charge in [0.1, 0.15) is 5.69 Å². The van der Waals surface area contributed by atoms with E-state index in [1.165, 1.54) is 39.9 Å². The molecule has 194 valence electrons. The minimum Gasteiger partial charge on any atom is -0.395 e. The number of thiazole rings is 1. The van der Waals surface area contributed by atoms with Gasteiger partial charge in [-0.15, -0.1) is 0 Å². The number of carbonyl (C=O) groups excluding carboxylic acids is 1. The molecule has 2 heterocycles. The van der Waals surface area contributed by atoms with E-state index in [1.54, 1.807) is 44.2 Å². The fraction of sp³-hybridized carbons (Fsp3) is 0.364. The van der Waals surface area contributed by atoms with Crippen LogP contribution in [0.15, 0.2) is 52.8 Å². The zero-order valence-electron chi connectivity index (χ0n) is 20.1. The standard InChI is InChI=1S/C22H28N6O6S2/c1-4-28(11-12-29)36(31,32)19-7-5-16(6-8-19)20(26-34-14-17-9-10-27(2)25-17)21(30)24-22-23-13-18(35-22)15-33-3/h5-10,13,29H,4,11-12,14-15H2,1-3H3,(H,23,24,30)/b26-20+. The van der Waals surface area contributed by atoms with Gasteiger partial charge in [0, 0.05) is 45.2 Å². The number of carbonyl (C=O) groups is 1. The number of aryl methyl sites for hydroxylation is 1. The molecule has 0 radical (unpaired) electrons. The molecule has 0 aliphatic carbocycles. The number of benzene rings is 1. The van der Waals surface area contributed by atoms with Crippen molar-refractivity contribution in [3.8, 4) is 0 Å². The summed E-state index contributed by atoms with van der Waals surface area (Å²) >= 11 is 1.26. The zero-order valence-corrected chi connectivity index (χ0v) is 21.8. The van der Waals surface area contributed by atoms with Crippen molar-refractivity contribution >= 4 is 38.1 Å². The molecule has 0 atom stereocenters. The average Bonchev–Trinajstić information content (AvgIpc) is 3.48. The van der Waals surface area contributed by atoms with Gasteiger partial charge < -0.3 is 14.7 Å². The van der Waals surface area contributed by atoms with Crippen LogP contribution in [-0.2, 0) is 44.7 Å². The maximum Gasteiger partial charge on any atom is 0.280 e. The molecule has 0 unspecified atom stereocenters. The molecule has 2 N–H and O–H groups in total. The first-order valence-electron chi connectivity index (χ1n) is 10.9. The lowest BCUT2D eigenvalue weighted by atomic mass is 10.1. The Morgan fingerprint density at radius 1 is 1.25 bits per heavy atom. The molecule has 1 amide bonds. The topological polar surface area (TPSA) is 148 Å². The van der Waals surface area contributed by atoms with Gasteiger partial charge in [-0.25, -0.2) is 13.4 Å². The van der Waals surface area contributed by atoms with Crippen molar-refractivity contribution in [2.75, 3.05) is 32.1 Å². The monoisotopic (exact) mass is 536 g/mol. The van der Waals surface area contributed by atoms with E-state index in [-0.39, 0.29) is 36.9 Å². The number of oxime groups is 1. The van der Waals surface area contributed by atoms with Crippen molar-refractivity contribution in [1.29, 1.82) is 0 Å². The first kappa shape index (κ1) is 27.4. The van der Waals surface area contributed by atoms with Crippen LogP contribution in [0, 0.1) is 0 Å². The molecule has 0 aliphatic rings. The van der Waals surface area contributed by atoms with Crippen molar-refractivity contribution in [1.82, 2.24) is 19.1 Å². The van der Waals surface area contributed by atoms with E-state index < -0.39 is 15.9 Å². The number of methoxy groups -OCH3 is 1. The number of sulfonamides is 1. The second-order valence-corrected chi connectivity index (χ2v) is 10.5. The first-order valence-corrected chi connectivity index (χ1v) is 13.2. The molecule has 3 aromatic rings. The van der Waals surface area contributed by atoms with Gasteiger partial charge in [-0.3, -0.25) is 14.8 Å². The third-order valence-electron chi connectivity index (χ3n) is 4.88. The van der Waals surface area contributed by atoms with Crippen LogP contribution < -0.4 is 5.32 Å². The summed E-state index contributed by atoms with van der Waals surface area (Å²) in [4.78, 5) is 23.5. The highest BCUT2D eigenvalue weighted by Gasteiger charge is 2.24. The molecular formula is C22H28N6O6S2. The Morgan fingerprint density at radius 3 is 2.61 bits per heavy atom. The highest BCUT2D eigenvalue weighted by atomic mass is 32.2. The Balaban J connectivity index is 1.86. The zero-order chi connectivity index (χ0) is 26.1. The van der Waals surface area contributed by atoms with Gasteiger partial charge >= 0.3 is 0 Å². The van der Waals surface area contributed by atoms with Gasteiger partial charge in [-0.2, -0.15) is 9.40 Å². The number of ether oxygens (including phenoxy) is 1. The fourth-order valence-corrected chi connectivity index (χ4v) is 5.37. The summed E-state index contributed by atoms with van der Waals surface area (Å²) in [5.74, 6) is -0.583. The number of hydrogen-bond acceptors (Lipinski definition) is 10. The Hall–Kier alpha value is -3.17. The maximum absolute atomic E-state index is 13.1. The lowest BCUT2D eigenvalue weighted by Crippen LogP contribution is -2.33.